The van der Waals surface area contributed by atoms with Crippen LogP contribution in [0.2, 0.25) is 0 Å². The summed E-state index contributed by atoms with van der Waals surface area (Å²) in [7, 11) is 0. The monoisotopic (exact) mass is 1880 g/mol. The van der Waals surface area contributed by atoms with Crippen molar-refractivity contribution in [3.05, 3.63) is 506 Å². The minimum atomic E-state index is 0.574. The lowest BCUT2D eigenvalue weighted by atomic mass is 9.91. The molecule has 0 bridgehead atoms. The first-order chi connectivity index (χ1) is 73.2. The van der Waals surface area contributed by atoms with E-state index in [1.54, 1.807) is 0 Å². The zero-order valence-electron chi connectivity index (χ0n) is 79.1. The number of rotatable bonds is 12. The Morgan fingerprint density at radius 2 is 0.385 bits per heavy atom. The lowest BCUT2D eigenvalue weighted by molar-refractivity contribution is 1.17. The number of para-hydroxylation sites is 10. The first-order valence-corrected chi connectivity index (χ1v) is 48.5. The zero-order chi connectivity index (χ0) is 99.7. The van der Waals surface area contributed by atoms with E-state index in [1.807, 2.05) is 188 Å². The smallest absolute Gasteiger partial charge is 0.101 e. The Bertz CT molecular complexity index is 10600. The molecule has 682 valence electrons. The van der Waals surface area contributed by atoms with Gasteiger partial charge in [0.1, 0.15) is 18.2 Å². The third kappa shape index (κ3) is 14.2. The Labute approximate surface area is 849 Å². The predicted molar refractivity (Wildman–Crippen MR) is 596 cm³/mol. The van der Waals surface area contributed by atoms with E-state index in [1.165, 1.54) is 10.8 Å². The molecule has 148 heavy (non-hydrogen) atoms. The molecule has 0 saturated heterocycles. The predicted octanol–water partition coefficient (Wildman–Crippen LogP) is 32.6. The van der Waals surface area contributed by atoms with Gasteiger partial charge in [0.05, 0.1) is 158 Å². The molecule has 0 aliphatic rings. The average molecular weight is 1880 g/mol. The summed E-state index contributed by atoms with van der Waals surface area (Å²) in [6.45, 7) is 0. The van der Waals surface area contributed by atoms with Crippen molar-refractivity contribution in [2.75, 3.05) is 0 Å². The maximum absolute atomic E-state index is 10.1. The second kappa shape index (κ2) is 36.5. The third-order valence-corrected chi connectivity index (χ3v) is 28.7. The van der Waals surface area contributed by atoms with Crippen LogP contribution < -0.4 is 0 Å². The van der Waals surface area contributed by atoms with Crippen molar-refractivity contribution in [1.82, 2.24) is 27.4 Å². The van der Waals surface area contributed by atoms with Gasteiger partial charge in [-0.2, -0.15) is 42.1 Å². The Morgan fingerprint density at radius 3 is 0.784 bits per heavy atom. The Morgan fingerprint density at radius 1 is 0.135 bits per heavy atom. The van der Waals surface area contributed by atoms with Crippen LogP contribution in [0.15, 0.2) is 461 Å². The van der Waals surface area contributed by atoms with E-state index in [9.17, 15) is 42.1 Å². The number of hydrogen-bond donors (Lipinski definition) is 0. The van der Waals surface area contributed by atoms with E-state index in [0.717, 1.165) is 221 Å². The largest absolute Gasteiger partial charge is 0.309 e. The molecule has 0 unspecified atom stereocenters. The van der Waals surface area contributed by atoms with Gasteiger partial charge in [-0.3, -0.25) is 0 Å². The molecule has 27 aromatic rings. The fourth-order valence-corrected chi connectivity index (χ4v) is 22.5. The molecule has 6 aromatic heterocycles. The molecule has 0 aliphatic carbocycles. The molecule has 6 heterocycles. The highest BCUT2D eigenvalue weighted by atomic mass is 15.0. The van der Waals surface area contributed by atoms with Gasteiger partial charge in [-0.25, -0.2) is 0 Å². The lowest BCUT2D eigenvalue weighted by Crippen LogP contribution is -1.97. The fraction of sp³-hybridized carbons (Fsp3) is 0. The average Bonchev–Trinajstić information content (AvgIpc) is 1.58. The van der Waals surface area contributed by atoms with Crippen LogP contribution in [0, 0.1) is 90.6 Å². The summed E-state index contributed by atoms with van der Waals surface area (Å²) in [4.78, 5) is 0. The number of benzene rings is 21. The van der Waals surface area contributed by atoms with Crippen LogP contribution in [0.25, 0.3) is 232 Å². The van der Waals surface area contributed by atoms with Crippen molar-refractivity contribution in [2.24, 2.45) is 0 Å². The first kappa shape index (κ1) is 87.8. The molecule has 21 aromatic carbocycles. The van der Waals surface area contributed by atoms with Crippen molar-refractivity contribution in [3.8, 4) is 149 Å². The molecule has 0 radical (unpaired) electrons. The summed E-state index contributed by atoms with van der Waals surface area (Å²) in [6, 6.07) is 175. The highest BCUT2D eigenvalue weighted by Crippen LogP contribution is 2.52. The summed E-state index contributed by atoms with van der Waals surface area (Å²) in [5.41, 5.74) is 35.4. The molecule has 14 nitrogen and oxygen atoms in total. The maximum Gasteiger partial charge on any atom is 0.101 e. The summed E-state index contributed by atoms with van der Waals surface area (Å²) < 4.78 is 13.4. The number of fused-ring (bicyclic) bond motifs is 18. The molecule has 0 atom stereocenters. The van der Waals surface area contributed by atoms with Crippen LogP contribution in [0.4, 0.5) is 0 Å². The molecule has 0 saturated carbocycles. The van der Waals surface area contributed by atoms with Crippen molar-refractivity contribution in [1.29, 1.82) is 42.1 Å². The van der Waals surface area contributed by atoms with Crippen molar-refractivity contribution in [3.63, 3.8) is 0 Å². The first-order valence-electron chi connectivity index (χ1n) is 48.5. The normalized spacial score (nSPS) is 11.2. The maximum atomic E-state index is 10.1. The molecule has 0 fully saturated rings. The summed E-state index contributed by atoms with van der Waals surface area (Å²) >= 11 is 0. The van der Waals surface area contributed by atoms with E-state index in [2.05, 4.69) is 349 Å². The zero-order valence-corrected chi connectivity index (χ0v) is 79.1. The van der Waals surface area contributed by atoms with Crippen LogP contribution in [-0.4, -0.2) is 27.4 Å². The van der Waals surface area contributed by atoms with Crippen molar-refractivity contribution in [2.45, 2.75) is 0 Å². The van der Waals surface area contributed by atoms with Gasteiger partial charge in [0.2, 0.25) is 0 Å². The highest BCUT2D eigenvalue weighted by Gasteiger charge is 2.29. The molecular formula is C134H76N14. The minimum Gasteiger partial charge on any atom is -0.309 e. The van der Waals surface area contributed by atoms with Crippen molar-refractivity contribution >= 4 is 131 Å². The number of nitriles is 8. The molecule has 0 aliphatic heterocycles. The Balaban J connectivity index is 0.000000115. The van der Waals surface area contributed by atoms with Crippen molar-refractivity contribution < 1.29 is 0 Å². The van der Waals surface area contributed by atoms with E-state index in [-0.39, 0.29) is 0 Å². The van der Waals surface area contributed by atoms with Gasteiger partial charge in [0, 0.05) is 98.4 Å². The molecule has 14 heteroatoms. The second-order valence-electron chi connectivity index (χ2n) is 36.5. The van der Waals surface area contributed by atoms with Crippen LogP contribution in [-0.2, 0) is 0 Å². The van der Waals surface area contributed by atoms with Crippen LogP contribution in [0.3, 0.4) is 0 Å². The van der Waals surface area contributed by atoms with Gasteiger partial charge >= 0.3 is 0 Å². The van der Waals surface area contributed by atoms with Crippen LogP contribution in [0.1, 0.15) is 44.5 Å². The SMILES string of the molecule is N#Cc1ccc(-n2c3ccc(C#N)cc3c3cccc(-c4ccccc4-c4cccc5c4c4ccccc4n5-c4ccccc4C#N)c32)cc1.N#Cc1ccc2c(c1)c1c(-c3ccccc3-c3cccc4c5ccccc5n(-c5ccccc5)c34)cccc1n2-c1ccccc1C#N.N#Cc1cccc(-n2c3ccc(C#N)cc3c3cccc(-c4ccccc4-c4cccc5c4c4ccccc4n5-c4ccccc4C#N)c32)c1. The number of nitrogens with zero attached hydrogens (tertiary/aromatic N) is 14. The fourth-order valence-electron chi connectivity index (χ4n) is 22.5. The third-order valence-electron chi connectivity index (χ3n) is 28.7. The van der Waals surface area contributed by atoms with E-state index < -0.39 is 0 Å². The topological polar surface area (TPSA) is 220 Å². The van der Waals surface area contributed by atoms with E-state index in [0.29, 0.717) is 44.5 Å². The van der Waals surface area contributed by atoms with Gasteiger partial charge in [0.25, 0.3) is 0 Å². The van der Waals surface area contributed by atoms with Crippen LogP contribution >= 0.6 is 0 Å². The number of hydrogen-bond acceptors (Lipinski definition) is 8. The minimum absolute atomic E-state index is 0.574. The number of aromatic nitrogens is 6. The van der Waals surface area contributed by atoms with Gasteiger partial charge in [-0.1, -0.05) is 279 Å². The molecule has 27 rings (SSSR count). The van der Waals surface area contributed by atoms with Gasteiger partial charge < -0.3 is 27.4 Å². The van der Waals surface area contributed by atoms with Gasteiger partial charge in [0.15, 0.2) is 0 Å². The quantitative estimate of drug-likeness (QED) is 0.114. The Hall–Kier alpha value is -21.7. The molecular weight excluding hydrogens is 1810 g/mol. The van der Waals surface area contributed by atoms with Crippen LogP contribution in [0.5, 0.6) is 0 Å². The summed E-state index contributed by atoms with van der Waals surface area (Å²) in [5, 5.41) is 91.9. The molecule has 0 amide bonds. The second-order valence-corrected chi connectivity index (χ2v) is 36.5. The van der Waals surface area contributed by atoms with Gasteiger partial charge in [-0.15, -0.1) is 0 Å². The summed E-state index contributed by atoms with van der Waals surface area (Å²) in [6.07, 6.45) is 0. The molecule has 0 spiro atoms. The lowest BCUT2D eigenvalue weighted by Gasteiger charge is -2.16. The molecule has 0 N–H and O–H groups in total. The standard InChI is InChI=1S/2C45H25N5.C44H26N4/c46-26-29-10-7-12-32(24-29)49-42-23-22-30(27-47)25-39(42)37-18-8-17-36(45(37)49)34-14-3-2-13-33(34)35-16-9-21-43-44(35)38-15-4-6-20-41(38)50(43)40-19-5-1-11-31(40)28-48;46-26-29-19-22-32(23-20-29)49-42-24-21-30(27-47)25-39(42)37-15-7-14-36(45(37)49)34-11-3-2-10-33(34)35-13-8-18-43-44(35)38-12-4-6-17-41(38)50(43)40-16-5-1-9-31(40)28-48;45-27-29-24-25-41-38(26-29)43-35(18-11-23-42(43)48(41)39-21-8-4-12-30(39)28-46)32-15-5-6-16-33(32)36-19-10-20-37-34-17-7-9-22-40(34)47(44(36)37)31-13-2-1-3-14-31/h2*1-25H;1-26H. The Kier molecular flexibility index (Phi) is 21.7. The highest BCUT2D eigenvalue weighted by molar-refractivity contribution is 6.24. The van der Waals surface area contributed by atoms with E-state index in [4.69, 9.17) is 0 Å². The summed E-state index contributed by atoms with van der Waals surface area (Å²) in [5.74, 6) is 0. The van der Waals surface area contributed by atoms with E-state index >= 15 is 0 Å². The van der Waals surface area contributed by atoms with Gasteiger partial charge in [-0.05, 0) is 232 Å².